The molecule has 36 heavy (non-hydrogen) atoms. The van der Waals surface area contributed by atoms with E-state index in [1.165, 1.54) is 0 Å². The Labute approximate surface area is 207 Å². The number of aromatic amines is 3. The van der Waals surface area contributed by atoms with Crippen molar-refractivity contribution >= 4 is 16.8 Å². The van der Waals surface area contributed by atoms with Gasteiger partial charge < -0.3 is 20.0 Å². The topological polar surface area (TPSA) is 127 Å². The highest BCUT2D eigenvalue weighted by Gasteiger charge is 2.25. The first-order chi connectivity index (χ1) is 17.6. The van der Waals surface area contributed by atoms with E-state index >= 15 is 0 Å². The fraction of sp³-hybridized carbons (Fsp3) is 0.259. The van der Waals surface area contributed by atoms with Crippen molar-refractivity contribution < 1.29 is 9.90 Å². The number of amides is 1. The number of imidazole rings is 2. The van der Waals surface area contributed by atoms with E-state index in [1.807, 2.05) is 17.0 Å². The molecule has 0 bridgehead atoms. The van der Waals surface area contributed by atoms with E-state index in [0.29, 0.717) is 31.8 Å². The first kappa shape index (κ1) is 22.1. The third-order valence-corrected chi connectivity index (χ3v) is 6.92. The van der Waals surface area contributed by atoms with Gasteiger partial charge in [0.2, 0.25) is 5.91 Å². The second kappa shape index (κ2) is 8.99. The summed E-state index contributed by atoms with van der Waals surface area (Å²) in [5.74, 6) is 1.12. The lowest BCUT2D eigenvalue weighted by atomic mass is 9.97. The van der Waals surface area contributed by atoms with Crippen LogP contribution in [0.25, 0.3) is 33.5 Å². The summed E-state index contributed by atoms with van der Waals surface area (Å²) in [7, 11) is 0. The molecule has 1 aliphatic heterocycles. The number of phenolic OH excluding ortho intramolecular Hbond substituents is 1. The Morgan fingerprint density at radius 2 is 2.11 bits per heavy atom. The fourth-order valence-electron chi connectivity index (χ4n) is 4.96. The van der Waals surface area contributed by atoms with Crippen molar-refractivity contribution in [1.82, 2.24) is 35.0 Å². The summed E-state index contributed by atoms with van der Waals surface area (Å²) < 4.78 is 0. The number of hydrogen-bond acceptors (Lipinski definition) is 5. The number of nitrogens with zero attached hydrogens (tertiary/aromatic N) is 4. The largest absolute Gasteiger partial charge is 0.508 e. The van der Waals surface area contributed by atoms with Gasteiger partial charge in [-0.25, -0.2) is 9.97 Å². The van der Waals surface area contributed by atoms with Gasteiger partial charge in [0.05, 0.1) is 29.8 Å². The molecule has 0 fully saturated rings. The summed E-state index contributed by atoms with van der Waals surface area (Å²) in [6, 6.07) is 11.7. The van der Waals surface area contributed by atoms with Crippen LogP contribution >= 0.6 is 0 Å². The predicted molar refractivity (Wildman–Crippen MR) is 136 cm³/mol. The number of hydrogen-bond donors (Lipinski definition) is 4. The predicted octanol–water partition coefficient (Wildman–Crippen LogP) is 4.13. The van der Waals surface area contributed by atoms with Crippen molar-refractivity contribution in [2.45, 2.75) is 39.2 Å². The number of aromatic hydroxyl groups is 1. The summed E-state index contributed by atoms with van der Waals surface area (Å²) in [5, 5.41) is 18.5. The Morgan fingerprint density at radius 1 is 1.19 bits per heavy atom. The number of phenols is 1. The molecule has 1 amide bonds. The minimum atomic E-state index is 0.129. The molecule has 0 unspecified atom stereocenters. The third-order valence-electron chi connectivity index (χ3n) is 6.92. The maximum absolute atomic E-state index is 12.8. The number of nitrogens with one attached hydrogen (secondary N) is 3. The van der Waals surface area contributed by atoms with Crippen LogP contribution in [0.5, 0.6) is 5.75 Å². The molecule has 0 atom stereocenters. The smallest absolute Gasteiger partial charge is 0.223 e. The van der Waals surface area contributed by atoms with Crippen molar-refractivity contribution in [2.24, 2.45) is 0 Å². The number of carbonyl (C=O) groups is 1. The molecule has 3 aromatic heterocycles. The van der Waals surface area contributed by atoms with Crippen LogP contribution in [-0.4, -0.2) is 52.6 Å². The lowest BCUT2D eigenvalue weighted by Crippen LogP contribution is -2.36. The van der Waals surface area contributed by atoms with Crippen LogP contribution in [0.15, 0.2) is 48.9 Å². The third kappa shape index (κ3) is 4.02. The average Bonchev–Trinajstić information content (AvgIpc) is 3.65. The van der Waals surface area contributed by atoms with E-state index in [2.05, 4.69) is 50.3 Å². The number of H-pyrrole nitrogens is 3. The lowest BCUT2D eigenvalue weighted by molar-refractivity contribution is -0.132. The summed E-state index contributed by atoms with van der Waals surface area (Å²) in [6.07, 6.45) is 6.04. The summed E-state index contributed by atoms with van der Waals surface area (Å²) in [6.45, 7) is 3.27. The maximum atomic E-state index is 12.8. The highest BCUT2D eigenvalue weighted by molar-refractivity contribution is 5.94. The zero-order chi connectivity index (χ0) is 24.6. The molecule has 5 aromatic rings. The molecular weight excluding hydrogens is 454 g/mol. The first-order valence-corrected chi connectivity index (χ1v) is 12.2. The van der Waals surface area contributed by atoms with Gasteiger partial charge in [-0.3, -0.25) is 9.89 Å². The number of benzene rings is 2. The second-order valence-electron chi connectivity index (χ2n) is 9.18. The molecule has 1 aliphatic rings. The maximum Gasteiger partial charge on any atom is 0.223 e. The van der Waals surface area contributed by atoms with Gasteiger partial charge in [0.1, 0.15) is 11.4 Å². The number of aryl methyl sites for hydroxylation is 2. The number of rotatable bonds is 6. The fourth-order valence-corrected chi connectivity index (χ4v) is 4.96. The Kier molecular flexibility index (Phi) is 5.52. The summed E-state index contributed by atoms with van der Waals surface area (Å²) in [5.41, 5.74) is 7.87. The van der Waals surface area contributed by atoms with Gasteiger partial charge in [-0.1, -0.05) is 19.1 Å². The molecule has 9 heteroatoms. The Bertz CT molecular complexity index is 1550. The van der Waals surface area contributed by atoms with Gasteiger partial charge in [0.15, 0.2) is 5.82 Å². The van der Waals surface area contributed by atoms with Crippen molar-refractivity contribution in [3.63, 3.8) is 0 Å². The van der Waals surface area contributed by atoms with Gasteiger partial charge >= 0.3 is 0 Å². The van der Waals surface area contributed by atoms with Crippen LogP contribution in [0.2, 0.25) is 0 Å². The molecule has 182 valence electrons. The monoisotopic (exact) mass is 481 g/mol. The minimum Gasteiger partial charge on any atom is -0.508 e. The van der Waals surface area contributed by atoms with Crippen LogP contribution in [0.1, 0.15) is 36.0 Å². The van der Waals surface area contributed by atoms with Crippen molar-refractivity contribution in [2.75, 3.05) is 6.54 Å². The van der Waals surface area contributed by atoms with E-state index in [0.717, 1.165) is 63.2 Å². The first-order valence-electron chi connectivity index (χ1n) is 12.2. The molecule has 0 aliphatic carbocycles. The normalized spacial score (nSPS) is 13.3. The zero-order valence-corrected chi connectivity index (χ0v) is 20.0. The van der Waals surface area contributed by atoms with Crippen LogP contribution in [0.4, 0.5) is 0 Å². The molecule has 4 N–H and O–H groups in total. The Hall–Kier alpha value is -4.40. The highest BCUT2D eigenvalue weighted by atomic mass is 16.3. The highest BCUT2D eigenvalue weighted by Crippen LogP contribution is 2.33. The summed E-state index contributed by atoms with van der Waals surface area (Å²) in [4.78, 5) is 29.9. The minimum absolute atomic E-state index is 0.129. The Morgan fingerprint density at radius 3 is 2.94 bits per heavy atom. The van der Waals surface area contributed by atoms with E-state index in [9.17, 15) is 9.90 Å². The van der Waals surface area contributed by atoms with Crippen LogP contribution < -0.4 is 0 Å². The molecule has 0 radical (unpaired) electrons. The Balaban J connectivity index is 1.23. The van der Waals surface area contributed by atoms with E-state index in [4.69, 9.17) is 4.98 Å². The zero-order valence-electron chi connectivity index (χ0n) is 20.0. The van der Waals surface area contributed by atoms with Crippen LogP contribution in [-0.2, 0) is 30.6 Å². The molecule has 4 heterocycles. The lowest BCUT2D eigenvalue weighted by Gasteiger charge is -2.26. The number of aromatic nitrogens is 6. The molecule has 6 rings (SSSR count). The number of carbonyl (C=O) groups excluding carboxylic acids is 1. The second-order valence-corrected chi connectivity index (χ2v) is 9.18. The SMILES string of the molecule is CCc1cc(O)ccc1-c1ccc2c(-c3nc4c([nH]3)CN(C(=O)CCc3cnc[nH]3)CC4)n[nH]c2c1. The van der Waals surface area contributed by atoms with Gasteiger partial charge in [-0.15, -0.1) is 0 Å². The molecule has 9 nitrogen and oxygen atoms in total. The molecule has 0 saturated heterocycles. The molecule has 0 spiro atoms. The molecular formula is C27H27N7O2. The van der Waals surface area contributed by atoms with E-state index in [-0.39, 0.29) is 11.7 Å². The standard InChI is InChI=1S/C27H27N7O2/c1-2-16-11-19(35)5-7-20(16)17-3-6-21-23(12-17)32-33-26(21)27-30-22-9-10-34(14-24(22)31-27)25(36)8-4-18-13-28-15-29-18/h3,5-7,11-13,15,35H,2,4,8-10,14H2,1H3,(H,28,29)(H,30,31)(H,32,33). The van der Waals surface area contributed by atoms with Crippen LogP contribution in [0, 0.1) is 0 Å². The van der Waals surface area contributed by atoms with Gasteiger partial charge in [0.25, 0.3) is 0 Å². The van der Waals surface area contributed by atoms with Crippen LogP contribution in [0.3, 0.4) is 0 Å². The van der Waals surface area contributed by atoms with Crippen molar-refractivity contribution in [3.05, 3.63) is 71.6 Å². The van der Waals surface area contributed by atoms with Gasteiger partial charge in [-0.2, -0.15) is 5.10 Å². The van der Waals surface area contributed by atoms with Crippen molar-refractivity contribution in [3.8, 4) is 28.4 Å². The average molecular weight is 482 g/mol. The number of fused-ring (bicyclic) bond motifs is 2. The van der Waals surface area contributed by atoms with Crippen molar-refractivity contribution in [1.29, 1.82) is 0 Å². The van der Waals surface area contributed by atoms with Gasteiger partial charge in [0, 0.05) is 36.7 Å². The quantitative estimate of drug-likeness (QED) is 0.290. The molecule has 0 saturated carbocycles. The van der Waals surface area contributed by atoms with E-state index in [1.54, 1.807) is 18.6 Å². The summed E-state index contributed by atoms with van der Waals surface area (Å²) >= 11 is 0. The molecule has 2 aromatic carbocycles. The van der Waals surface area contributed by atoms with E-state index < -0.39 is 0 Å². The van der Waals surface area contributed by atoms with Gasteiger partial charge in [-0.05, 0) is 53.8 Å².